The van der Waals surface area contributed by atoms with Gasteiger partial charge in [-0.15, -0.1) is 0 Å². The predicted octanol–water partition coefficient (Wildman–Crippen LogP) is 1.75. The maximum absolute atomic E-state index is 10.2. The smallest absolute Gasteiger partial charge is 0.463 e. The summed E-state index contributed by atoms with van der Waals surface area (Å²) in [6, 6.07) is 0. The van der Waals surface area contributed by atoms with Crippen molar-refractivity contribution in [3.63, 3.8) is 0 Å². The molecule has 0 saturated heterocycles. The number of methoxy groups -OCH3 is 2. The van der Waals surface area contributed by atoms with Crippen LogP contribution < -0.4 is 0 Å². The van der Waals surface area contributed by atoms with Crippen molar-refractivity contribution in [3.05, 3.63) is 0 Å². The van der Waals surface area contributed by atoms with E-state index in [1.54, 1.807) is 0 Å². The van der Waals surface area contributed by atoms with Crippen LogP contribution in [0.25, 0.3) is 0 Å². The van der Waals surface area contributed by atoms with Gasteiger partial charge < -0.3 is 14.2 Å². The third-order valence-corrected chi connectivity index (χ3v) is 1.28. The predicted molar refractivity (Wildman–Crippen MR) is 50.9 cm³/mol. The van der Waals surface area contributed by atoms with E-state index in [0.717, 1.165) is 6.42 Å². The molecule has 0 aliphatic rings. The molecule has 0 aliphatic heterocycles. The second-order valence-corrected chi connectivity index (χ2v) is 2.49. The first kappa shape index (κ1) is 15.2. The lowest BCUT2D eigenvalue weighted by molar-refractivity contribution is -0.145. The fourth-order valence-electron chi connectivity index (χ4n) is 0.450. The topological polar surface area (TPSA) is 61.8 Å². The Bertz CT molecular complexity index is 161. The number of carbonyl (C=O) groups excluding carboxylic acids is 2. The summed E-state index contributed by atoms with van der Waals surface area (Å²) in [5, 5.41) is 0. The second kappa shape index (κ2) is 9.83. The van der Waals surface area contributed by atoms with Crippen LogP contribution in [0.5, 0.6) is 0 Å². The van der Waals surface area contributed by atoms with E-state index in [2.05, 4.69) is 9.47 Å². The molecule has 1 atom stereocenters. The van der Waals surface area contributed by atoms with Gasteiger partial charge in [0.25, 0.3) is 0 Å². The van der Waals surface area contributed by atoms with Gasteiger partial charge in [0, 0.05) is 6.92 Å². The van der Waals surface area contributed by atoms with E-state index >= 15 is 0 Å². The standard InChI is InChI=1S/C6H12O2.C3H6O3/c1-4-5(2)8-6(3)7;1-5-3(4)6-2/h5H,4H2,1-3H3;1-2H3. The molecule has 84 valence electrons. The highest BCUT2D eigenvalue weighted by Crippen LogP contribution is 1.94. The Labute approximate surface area is 84.3 Å². The van der Waals surface area contributed by atoms with Crippen LogP contribution in [0.4, 0.5) is 4.79 Å². The first-order valence-electron chi connectivity index (χ1n) is 4.27. The van der Waals surface area contributed by atoms with Crippen molar-refractivity contribution >= 4 is 12.1 Å². The lowest BCUT2D eigenvalue weighted by atomic mass is 10.3. The highest BCUT2D eigenvalue weighted by molar-refractivity contribution is 5.66. The third kappa shape index (κ3) is 13.3. The zero-order valence-corrected chi connectivity index (χ0v) is 9.33. The molecule has 0 aromatic rings. The molecule has 0 spiro atoms. The third-order valence-electron chi connectivity index (χ3n) is 1.28. The molecule has 0 saturated carbocycles. The van der Waals surface area contributed by atoms with Crippen LogP contribution in [0.2, 0.25) is 0 Å². The number of hydrogen-bond donors (Lipinski definition) is 0. The zero-order valence-electron chi connectivity index (χ0n) is 9.33. The van der Waals surface area contributed by atoms with Gasteiger partial charge in [0.05, 0.1) is 20.3 Å². The van der Waals surface area contributed by atoms with E-state index in [9.17, 15) is 9.59 Å². The molecule has 0 aromatic carbocycles. The Morgan fingerprint density at radius 2 is 1.64 bits per heavy atom. The highest BCUT2D eigenvalue weighted by Gasteiger charge is 1.99. The lowest BCUT2D eigenvalue weighted by Gasteiger charge is -2.06. The van der Waals surface area contributed by atoms with Gasteiger partial charge in [-0.3, -0.25) is 4.79 Å². The molecule has 0 bridgehead atoms. The molecule has 0 fully saturated rings. The molecule has 0 radical (unpaired) electrons. The Balaban J connectivity index is 0. The van der Waals surface area contributed by atoms with Crippen LogP contribution in [-0.4, -0.2) is 32.4 Å². The quantitative estimate of drug-likeness (QED) is 0.644. The lowest BCUT2D eigenvalue weighted by Crippen LogP contribution is -2.09. The van der Waals surface area contributed by atoms with E-state index in [1.807, 2.05) is 13.8 Å². The molecule has 5 nitrogen and oxygen atoms in total. The van der Waals surface area contributed by atoms with E-state index in [1.165, 1.54) is 21.1 Å². The highest BCUT2D eigenvalue weighted by atomic mass is 16.7. The summed E-state index contributed by atoms with van der Waals surface area (Å²) in [4.78, 5) is 19.9. The summed E-state index contributed by atoms with van der Waals surface area (Å²) in [5.41, 5.74) is 0. The van der Waals surface area contributed by atoms with Gasteiger partial charge >= 0.3 is 12.1 Å². The van der Waals surface area contributed by atoms with Crippen LogP contribution in [-0.2, 0) is 19.0 Å². The van der Waals surface area contributed by atoms with Crippen molar-refractivity contribution in [1.29, 1.82) is 0 Å². The van der Waals surface area contributed by atoms with E-state index in [-0.39, 0.29) is 12.1 Å². The van der Waals surface area contributed by atoms with Crippen molar-refractivity contribution in [1.82, 2.24) is 0 Å². The summed E-state index contributed by atoms with van der Waals surface area (Å²) < 4.78 is 12.8. The molecule has 0 aromatic heterocycles. The van der Waals surface area contributed by atoms with Gasteiger partial charge in [-0.05, 0) is 13.3 Å². The molecule has 0 amide bonds. The van der Waals surface area contributed by atoms with Gasteiger partial charge in [-0.1, -0.05) is 6.92 Å². The SMILES string of the molecule is CCC(C)OC(C)=O.COC(=O)OC. The molecule has 0 N–H and O–H groups in total. The first-order chi connectivity index (χ1) is 6.47. The Morgan fingerprint density at radius 3 is 1.71 bits per heavy atom. The first-order valence-corrected chi connectivity index (χ1v) is 4.27. The molecule has 0 heterocycles. The average Bonchev–Trinajstić information content (AvgIpc) is 2.16. The second-order valence-electron chi connectivity index (χ2n) is 2.49. The molecule has 0 rings (SSSR count). The van der Waals surface area contributed by atoms with Crippen LogP contribution in [0.3, 0.4) is 0 Å². The zero-order chi connectivity index (χ0) is 11.6. The van der Waals surface area contributed by atoms with Gasteiger partial charge in [0.1, 0.15) is 0 Å². The minimum absolute atomic E-state index is 0.0764. The van der Waals surface area contributed by atoms with Crippen molar-refractivity contribution in [2.75, 3.05) is 14.2 Å². The monoisotopic (exact) mass is 206 g/mol. The maximum atomic E-state index is 10.2. The normalized spacial score (nSPS) is 10.4. The number of ether oxygens (including phenoxy) is 3. The van der Waals surface area contributed by atoms with Gasteiger partial charge in [-0.2, -0.15) is 0 Å². The fourth-order valence-corrected chi connectivity index (χ4v) is 0.450. The molecule has 0 aliphatic carbocycles. The molecule has 5 heteroatoms. The van der Waals surface area contributed by atoms with E-state index < -0.39 is 6.16 Å². The molecular weight excluding hydrogens is 188 g/mol. The fraction of sp³-hybridized carbons (Fsp3) is 0.778. The number of rotatable bonds is 2. The minimum Gasteiger partial charge on any atom is -0.463 e. The van der Waals surface area contributed by atoms with E-state index in [4.69, 9.17) is 4.74 Å². The average molecular weight is 206 g/mol. The van der Waals surface area contributed by atoms with Crippen molar-refractivity contribution in [2.24, 2.45) is 0 Å². The summed E-state index contributed by atoms with van der Waals surface area (Å²) in [7, 11) is 2.51. The van der Waals surface area contributed by atoms with Crippen molar-refractivity contribution in [3.8, 4) is 0 Å². The van der Waals surface area contributed by atoms with Crippen LogP contribution in [0, 0.1) is 0 Å². The number of carbonyl (C=O) groups is 2. The van der Waals surface area contributed by atoms with Crippen molar-refractivity contribution in [2.45, 2.75) is 33.3 Å². The minimum atomic E-state index is -0.657. The maximum Gasteiger partial charge on any atom is 0.507 e. The van der Waals surface area contributed by atoms with Gasteiger partial charge in [-0.25, -0.2) is 4.79 Å². The van der Waals surface area contributed by atoms with Crippen molar-refractivity contribution < 1.29 is 23.8 Å². The van der Waals surface area contributed by atoms with Crippen LogP contribution in [0.1, 0.15) is 27.2 Å². The Kier molecular flexibility index (Phi) is 10.7. The van der Waals surface area contributed by atoms with E-state index in [0.29, 0.717) is 0 Å². The number of esters is 1. The molecule has 14 heavy (non-hydrogen) atoms. The summed E-state index contributed by atoms with van der Waals surface area (Å²) in [6.07, 6.45) is 0.307. The summed E-state index contributed by atoms with van der Waals surface area (Å²) >= 11 is 0. The van der Waals surface area contributed by atoms with Crippen LogP contribution >= 0.6 is 0 Å². The Morgan fingerprint density at radius 1 is 1.21 bits per heavy atom. The van der Waals surface area contributed by atoms with Crippen LogP contribution in [0.15, 0.2) is 0 Å². The summed E-state index contributed by atoms with van der Waals surface area (Å²) in [6.45, 7) is 5.28. The van der Waals surface area contributed by atoms with Gasteiger partial charge in [0.2, 0.25) is 0 Å². The molecule has 1 unspecified atom stereocenters. The molecular formula is C9H18O5. The Hall–Kier alpha value is -1.26. The largest absolute Gasteiger partial charge is 0.507 e. The summed E-state index contributed by atoms with van der Waals surface area (Å²) in [5.74, 6) is -0.195. The number of hydrogen-bond acceptors (Lipinski definition) is 5. The van der Waals surface area contributed by atoms with Gasteiger partial charge in [0.15, 0.2) is 0 Å².